The molecule has 0 saturated carbocycles. The first-order valence-corrected chi connectivity index (χ1v) is 25.4. The van der Waals surface area contributed by atoms with E-state index in [-0.39, 0.29) is 26.3 Å². The number of pyridine rings is 1. The monoisotopic (exact) mass is 1020 g/mol. The van der Waals surface area contributed by atoms with Crippen molar-refractivity contribution in [1.29, 1.82) is 5.26 Å². The number of nitriles is 1. The van der Waals surface area contributed by atoms with Crippen molar-refractivity contribution in [3.8, 4) is 28.5 Å². The molecule has 1 aliphatic rings. The van der Waals surface area contributed by atoms with Crippen LogP contribution in [0.4, 0.5) is 17.1 Å². The van der Waals surface area contributed by atoms with Gasteiger partial charge in [-0.3, -0.25) is 0 Å². The molecule has 0 radical (unpaired) electrons. The fourth-order valence-corrected chi connectivity index (χ4v) is 10.2. The maximum Gasteiger partial charge on any atom is 3.00 e. The van der Waals surface area contributed by atoms with Crippen molar-refractivity contribution in [3.63, 3.8) is 0 Å². The van der Waals surface area contributed by atoms with Crippen LogP contribution in [0.25, 0.3) is 49.6 Å². The summed E-state index contributed by atoms with van der Waals surface area (Å²) < 4.78 is 6.12. The molecule has 0 spiro atoms. The Morgan fingerprint density at radius 3 is 2.08 bits per heavy atom. The predicted molar refractivity (Wildman–Crippen MR) is 262 cm³/mol. The summed E-state index contributed by atoms with van der Waals surface area (Å²) in [6.45, 7) is 20.8. The number of anilines is 2. The number of rotatable bonds is 9. The fraction of sp³-hybridized carbons (Fsp3) is 0.250. The molecule has 63 heavy (non-hydrogen) atoms. The van der Waals surface area contributed by atoms with E-state index in [2.05, 4.69) is 186 Å². The van der Waals surface area contributed by atoms with Crippen LogP contribution >= 0.6 is 0 Å². The van der Waals surface area contributed by atoms with Gasteiger partial charge in [-0.05, 0) is 93.3 Å². The van der Waals surface area contributed by atoms with Gasteiger partial charge in [-0.2, -0.15) is 17.7 Å². The van der Waals surface area contributed by atoms with Gasteiger partial charge in [0.25, 0.3) is 0 Å². The Hall–Kier alpha value is -5.77. The topological polar surface area (TPSA) is 67.2 Å². The van der Waals surface area contributed by atoms with Crippen molar-refractivity contribution in [1.82, 2.24) is 4.98 Å². The van der Waals surface area contributed by atoms with Crippen molar-refractivity contribution in [2.24, 2.45) is 5.92 Å². The van der Waals surface area contributed by atoms with Gasteiger partial charge in [0.15, 0.2) is 0 Å². The van der Waals surface area contributed by atoms with Crippen LogP contribution in [0.3, 0.4) is 0 Å². The largest absolute Gasteiger partial charge is 3.00 e. The van der Waals surface area contributed by atoms with Crippen molar-refractivity contribution in [3.05, 3.63) is 179 Å². The SMILES string of the molecule is CC(C)Cc1cc(-c2[c-]cc(C#N)cc2)ncc1[Si](C)(C)C.CC(C)c1cc(-c2ccccc2)cc(C(C)C)c1N1c2ccccc2[N-]C1c1[c-]cc2oc3ccccc3c2c1.[Ir+3]. The second kappa shape index (κ2) is 18.9. The molecule has 0 fully saturated rings. The number of benzene rings is 6. The first kappa shape index (κ1) is 45.3. The Balaban J connectivity index is 0.000000221. The van der Waals surface area contributed by atoms with E-state index in [1.165, 1.54) is 38.7 Å². The molecule has 1 aliphatic heterocycles. The number of hydrogen-bond acceptors (Lipinski definition) is 4. The van der Waals surface area contributed by atoms with E-state index in [0.717, 1.165) is 56.6 Å². The van der Waals surface area contributed by atoms with Gasteiger partial charge in [-0.25, -0.2) is 5.26 Å². The van der Waals surface area contributed by atoms with E-state index in [4.69, 9.17) is 15.0 Å². The third kappa shape index (κ3) is 9.46. The molecule has 0 saturated heterocycles. The average molecular weight is 1020 g/mol. The number of fused-ring (bicyclic) bond motifs is 4. The van der Waals surface area contributed by atoms with Gasteiger partial charge in [-0.1, -0.05) is 145 Å². The van der Waals surface area contributed by atoms with E-state index in [1.54, 1.807) is 6.07 Å². The van der Waals surface area contributed by atoms with Crippen LogP contribution in [0, 0.1) is 29.4 Å². The fourth-order valence-electron chi connectivity index (χ4n) is 8.60. The minimum atomic E-state index is -1.40. The first-order valence-electron chi connectivity index (χ1n) is 21.9. The van der Waals surface area contributed by atoms with Gasteiger partial charge in [0.2, 0.25) is 0 Å². The summed E-state index contributed by atoms with van der Waals surface area (Å²) >= 11 is 0. The molecule has 1 unspecified atom stereocenters. The Morgan fingerprint density at radius 1 is 0.746 bits per heavy atom. The molecule has 1 atom stereocenters. The summed E-state index contributed by atoms with van der Waals surface area (Å²) in [5.41, 5.74) is 15.3. The smallest absolute Gasteiger partial charge is 0.661 e. The standard InChI is InChI=1S/C37H32N2O.C19H23N2Si.Ir/c1-23(2)29-21-27(25-12-6-5-7-13-25)22-30(24(3)4)36(29)39-33-16-10-9-15-32(33)38-37(39)26-18-19-35-31(20-26)28-14-8-11-17-34(28)40-35;1-14(2)10-17-11-18(21-13-19(17)22(3,4)5)16-8-6-15(12-20)7-9-16;/h5-17,19-24,37H,1-4H3;6-8,11,13-14H,10H2,1-5H3;/q-2;-1;+3. The summed E-state index contributed by atoms with van der Waals surface area (Å²) in [5.74, 6) is 1.28. The number of furan rings is 1. The first-order chi connectivity index (χ1) is 29.8. The van der Waals surface area contributed by atoms with E-state index in [9.17, 15) is 0 Å². The van der Waals surface area contributed by atoms with Crippen LogP contribution in [0.5, 0.6) is 0 Å². The molecular weight excluding hydrogens is 965 g/mol. The van der Waals surface area contributed by atoms with E-state index in [1.807, 2.05) is 30.3 Å². The second-order valence-corrected chi connectivity index (χ2v) is 23.5. The van der Waals surface area contributed by atoms with Gasteiger partial charge in [0, 0.05) is 34.6 Å². The van der Waals surface area contributed by atoms with E-state index >= 15 is 0 Å². The molecule has 0 amide bonds. The molecule has 3 heterocycles. The van der Waals surface area contributed by atoms with Crippen LogP contribution in [-0.2, 0) is 26.5 Å². The second-order valence-electron chi connectivity index (χ2n) is 18.5. The summed E-state index contributed by atoms with van der Waals surface area (Å²) in [5, 5.41) is 17.8. The third-order valence-corrected chi connectivity index (χ3v) is 13.7. The zero-order valence-corrected chi connectivity index (χ0v) is 41.1. The van der Waals surface area contributed by atoms with Crippen LogP contribution in [-0.4, -0.2) is 13.1 Å². The predicted octanol–water partition coefficient (Wildman–Crippen LogP) is 15.3. The van der Waals surface area contributed by atoms with E-state index < -0.39 is 8.07 Å². The molecule has 8 aromatic rings. The quantitative estimate of drug-likeness (QED) is 0.107. The number of para-hydroxylation sites is 3. The number of nitrogens with zero attached hydrogens (tertiary/aromatic N) is 4. The Labute approximate surface area is 388 Å². The van der Waals surface area contributed by atoms with Gasteiger partial charge in [-0.15, -0.1) is 41.6 Å². The Morgan fingerprint density at radius 2 is 1.43 bits per heavy atom. The van der Waals surface area contributed by atoms with Crippen molar-refractivity contribution in [2.75, 3.05) is 4.90 Å². The molecule has 6 aromatic carbocycles. The summed E-state index contributed by atoms with van der Waals surface area (Å²) in [7, 11) is -1.40. The van der Waals surface area contributed by atoms with Crippen LogP contribution in [0.15, 0.2) is 138 Å². The van der Waals surface area contributed by atoms with Crippen molar-refractivity contribution in [2.45, 2.75) is 85.6 Å². The summed E-state index contributed by atoms with van der Waals surface area (Å²) in [4.78, 5) is 7.11. The zero-order chi connectivity index (χ0) is 43.7. The molecule has 2 aromatic heterocycles. The van der Waals surface area contributed by atoms with Crippen LogP contribution in [0.1, 0.15) is 87.4 Å². The maximum atomic E-state index is 8.89. The molecule has 0 N–H and O–H groups in total. The summed E-state index contributed by atoms with van der Waals surface area (Å²) in [6.07, 6.45) is 2.91. The molecule has 9 rings (SSSR count). The van der Waals surface area contributed by atoms with E-state index in [0.29, 0.717) is 23.3 Å². The van der Waals surface area contributed by atoms with Gasteiger partial charge < -0.3 is 19.6 Å². The van der Waals surface area contributed by atoms with Crippen LogP contribution in [0.2, 0.25) is 19.6 Å². The van der Waals surface area contributed by atoms with Crippen molar-refractivity contribution >= 4 is 52.3 Å². The number of aromatic nitrogens is 1. The third-order valence-electron chi connectivity index (χ3n) is 11.7. The molecular formula is C56H55IrN4OSi. The minimum Gasteiger partial charge on any atom is -0.661 e. The molecule has 318 valence electrons. The maximum absolute atomic E-state index is 8.89. The van der Waals surface area contributed by atoms with Gasteiger partial charge in [0.1, 0.15) is 5.58 Å². The Kier molecular flexibility index (Phi) is 13.6. The summed E-state index contributed by atoms with van der Waals surface area (Å²) in [6, 6.07) is 52.9. The average Bonchev–Trinajstić information content (AvgIpc) is 3.84. The van der Waals surface area contributed by atoms with Gasteiger partial charge >= 0.3 is 20.1 Å². The van der Waals surface area contributed by atoms with Crippen molar-refractivity contribution < 1.29 is 24.5 Å². The Bertz CT molecular complexity index is 2880. The molecule has 7 heteroatoms. The van der Waals surface area contributed by atoms with Gasteiger partial charge in [0.05, 0.1) is 8.07 Å². The molecule has 5 nitrogen and oxygen atoms in total. The minimum absolute atomic E-state index is 0. The van der Waals surface area contributed by atoms with Crippen LogP contribution < -0.4 is 10.1 Å². The molecule has 0 bridgehead atoms. The zero-order valence-electron chi connectivity index (χ0n) is 37.7. The number of hydrogen-bond donors (Lipinski definition) is 0. The molecule has 0 aliphatic carbocycles. The normalized spacial score (nSPS) is 13.4.